The first kappa shape index (κ1) is 25.0. The van der Waals surface area contributed by atoms with Gasteiger partial charge in [0.15, 0.2) is 0 Å². The van der Waals surface area contributed by atoms with Crippen LogP contribution in [0.15, 0.2) is 76.8 Å². The third-order valence-electron chi connectivity index (χ3n) is 5.43. The Morgan fingerprint density at radius 3 is 2.50 bits per heavy atom. The van der Waals surface area contributed by atoms with E-state index >= 15 is 0 Å². The van der Waals surface area contributed by atoms with Gasteiger partial charge in [0.05, 0.1) is 17.9 Å². The molecule has 0 bridgehead atoms. The lowest BCUT2D eigenvalue weighted by Crippen LogP contribution is -2.54. The zero-order chi connectivity index (χ0) is 25.8. The lowest BCUT2D eigenvalue weighted by atomic mass is 9.97. The third-order valence-corrected chi connectivity index (χ3v) is 5.92. The van der Waals surface area contributed by atoms with Gasteiger partial charge in [-0.1, -0.05) is 34.1 Å². The van der Waals surface area contributed by atoms with E-state index in [1.165, 1.54) is 42.5 Å². The molecule has 36 heavy (non-hydrogen) atoms. The monoisotopic (exact) mass is 550 g/mol. The molecule has 0 saturated carbocycles. The molecule has 1 fully saturated rings. The van der Waals surface area contributed by atoms with E-state index in [9.17, 15) is 23.6 Å². The molecular formula is C27H20BrFN2O5. The fraction of sp³-hybridized carbons (Fsp3) is 0.111. The van der Waals surface area contributed by atoms with Crippen LogP contribution in [0, 0.1) is 5.82 Å². The summed E-state index contributed by atoms with van der Waals surface area (Å²) in [6, 6.07) is 16.3. The van der Waals surface area contributed by atoms with Gasteiger partial charge in [0.1, 0.15) is 11.4 Å². The van der Waals surface area contributed by atoms with E-state index in [0.717, 1.165) is 16.0 Å². The van der Waals surface area contributed by atoms with Gasteiger partial charge >= 0.3 is 12.0 Å². The summed E-state index contributed by atoms with van der Waals surface area (Å²) < 4.78 is 19.3. The molecular weight excluding hydrogens is 531 g/mol. The van der Waals surface area contributed by atoms with Gasteiger partial charge in [-0.2, -0.15) is 0 Å². The standard InChI is InChI=1S/C27H20BrFN2O5/c1-2-36-26(34)17-7-10-22(11-8-17)31-25(33)23(24(32)30-27(31)35)15-19-14-20(28)9-6-18(19)12-16-4-3-5-21(29)13-16/h3-11,13-15H,2,12H2,1H3,(H,30,32,35)/b23-15+. The van der Waals surface area contributed by atoms with Crippen molar-refractivity contribution in [2.45, 2.75) is 13.3 Å². The molecule has 0 spiro atoms. The fourth-order valence-electron chi connectivity index (χ4n) is 3.74. The van der Waals surface area contributed by atoms with E-state index in [4.69, 9.17) is 4.74 Å². The van der Waals surface area contributed by atoms with Gasteiger partial charge in [-0.25, -0.2) is 18.9 Å². The molecule has 4 amide bonds. The predicted octanol–water partition coefficient (Wildman–Crippen LogP) is 5.02. The smallest absolute Gasteiger partial charge is 0.338 e. The number of urea groups is 1. The zero-order valence-corrected chi connectivity index (χ0v) is 20.7. The first-order chi connectivity index (χ1) is 17.3. The average Bonchev–Trinajstić information content (AvgIpc) is 2.84. The minimum Gasteiger partial charge on any atom is -0.462 e. The van der Waals surface area contributed by atoms with Gasteiger partial charge in [0, 0.05) is 4.47 Å². The Morgan fingerprint density at radius 1 is 1.06 bits per heavy atom. The molecule has 0 radical (unpaired) electrons. The second-order valence-corrected chi connectivity index (χ2v) is 8.79. The Morgan fingerprint density at radius 2 is 1.81 bits per heavy atom. The molecule has 182 valence electrons. The van der Waals surface area contributed by atoms with E-state index in [1.54, 1.807) is 31.2 Å². The molecule has 1 aliphatic heterocycles. The van der Waals surface area contributed by atoms with Crippen LogP contribution in [0.2, 0.25) is 0 Å². The van der Waals surface area contributed by atoms with Crippen molar-refractivity contribution in [1.29, 1.82) is 0 Å². The minimum absolute atomic E-state index is 0.179. The summed E-state index contributed by atoms with van der Waals surface area (Å²) in [4.78, 5) is 51.2. The molecule has 9 heteroatoms. The van der Waals surface area contributed by atoms with Crippen LogP contribution in [0.25, 0.3) is 6.08 Å². The maximum Gasteiger partial charge on any atom is 0.338 e. The molecule has 1 N–H and O–H groups in total. The molecule has 3 aromatic rings. The molecule has 4 rings (SSSR count). The van der Waals surface area contributed by atoms with Crippen LogP contribution in [0.3, 0.4) is 0 Å². The maximum absolute atomic E-state index is 13.7. The lowest BCUT2D eigenvalue weighted by molar-refractivity contribution is -0.122. The number of carbonyl (C=O) groups excluding carboxylic acids is 4. The SMILES string of the molecule is CCOC(=O)c1ccc(N2C(=O)NC(=O)/C(=C\c3cc(Br)ccc3Cc3cccc(F)c3)C2=O)cc1. The van der Waals surface area contributed by atoms with Gasteiger partial charge in [0.2, 0.25) is 0 Å². The number of halogens is 2. The zero-order valence-electron chi connectivity index (χ0n) is 19.1. The summed E-state index contributed by atoms with van der Waals surface area (Å²) in [6.07, 6.45) is 1.77. The number of carbonyl (C=O) groups is 4. The summed E-state index contributed by atoms with van der Waals surface area (Å²) >= 11 is 3.40. The second-order valence-electron chi connectivity index (χ2n) is 7.88. The maximum atomic E-state index is 13.7. The predicted molar refractivity (Wildman–Crippen MR) is 135 cm³/mol. The first-order valence-corrected chi connectivity index (χ1v) is 11.8. The van der Waals surface area contributed by atoms with Gasteiger partial charge in [-0.3, -0.25) is 14.9 Å². The van der Waals surface area contributed by atoms with Crippen molar-refractivity contribution in [1.82, 2.24) is 5.32 Å². The Balaban J connectivity index is 1.68. The number of barbiturate groups is 1. The normalized spacial score (nSPS) is 14.7. The van der Waals surface area contributed by atoms with E-state index in [0.29, 0.717) is 16.5 Å². The number of esters is 1. The highest BCUT2D eigenvalue weighted by Crippen LogP contribution is 2.26. The topological polar surface area (TPSA) is 92.8 Å². The van der Waals surface area contributed by atoms with Gasteiger partial charge < -0.3 is 4.74 Å². The number of imide groups is 2. The van der Waals surface area contributed by atoms with E-state index in [2.05, 4.69) is 21.2 Å². The highest BCUT2D eigenvalue weighted by atomic mass is 79.9. The molecule has 7 nitrogen and oxygen atoms in total. The summed E-state index contributed by atoms with van der Waals surface area (Å²) in [7, 11) is 0. The molecule has 0 aromatic heterocycles. The van der Waals surface area contributed by atoms with E-state index in [-0.39, 0.29) is 29.2 Å². The lowest BCUT2D eigenvalue weighted by Gasteiger charge is -2.26. The first-order valence-electron chi connectivity index (χ1n) is 11.0. The molecule has 1 aliphatic rings. The summed E-state index contributed by atoms with van der Waals surface area (Å²) in [5, 5.41) is 2.18. The number of anilines is 1. The summed E-state index contributed by atoms with van der Waals surface area (Å²) in [5.41, 5.74) is 2.21. The van der Waals surface area contributed by atoms with Crippen LogP contribution in [0.5, 0.6) is 0 Å². The quantitative estimate of drug-likeness (QED) is 0.264. The van der Waals surface area contributed by atoms with Crippen LogP contribution in [0.4, 0.5) is 14.9 Å². The van der Waals surface area contributed by atoms with Crippen LogP contribution in [-0.2, 0) is 20.7 Å². The van der Waals surface area contributed by atoms with Crippen molar-refractivity contribution in [3.05, 3.63) is 105 Å². The Kier molecular flexibility index (Phi) is 7.40. The van der Waals surface area contributed by atoms with Crippen LogP contribution >= 0.6 is 15.9 Å². The third kappa shape index (κ3) is 5.41. The average molecular weight is 551 g/mol. The highest BCUT2D eigenvalue weighted by Gasteiger charge is 2.37. The summed E-state index contributed by atoms with van der Waals surface area (Å²) in [6.45, 7) is 1.89. The molecule has 1 heterocycles. The highest BCUT2D eigenvalue weighted by molar-refractivity contribution is 9.10. The van der Waals surface area contributed by atoms with Gasteiger partial charge in [-0.15, -0.1) is 0 Å². The number of benzene rings is 3. The number of amides is 4. The Hall–Kier alpha value is -4.11. The van der Waals surface area contributed by atoms with E-state index in [1.807, 2.05) is 6.07 Å². The minimum atomic E-state index is -0.903. The Labute approximate surface area is 214 Å². The molecule has 3 aromatic carbocycles. The Bertz CT molecular complexity index is 1400. The van der Waals surface area contributed by atoms with Crippen molar-refractivity contribution in [2.24, 2.45) is 0 Å². The van der Waals surface area contributed by atoms with Crippen molar-refractivity contribution >= 4 is 51.5 Å². The van der Waals surface area contributed by atoms with Crippen molar-refractivity contribution in [3.63, 3.8) is 0 Å². The molecule has 0 atom stereocenters. The fourth-order valence-corrected chi connectivity index (χ4v) is 4.12. The number of ether oxygens (including phenoxy) is 1. The van der Waals surface area contributed by atoms with Crippen molar-refractivity contribution in [3.8, 4) is 0 Å². The number of nitrogens with zero attached hydrogens (tertiary/aromatic N) is 1. The van der Waals surface area contributed by atoms with E-state index < -0.39 is 23.8 Å². The number of nitrogens with one attached hydrogen (secondary N) is 1. The summed E-state index contributed by atoms with van der Waals surface area (Å²) in [5.74, 6) is -2.55. The van der Waals surface area contributed by atoms with Crippen molar-refractivity contribution in [2.75, 3.05) is 11.5 Å². The van der Waals surface area contributed by atoms with Crippen LogP contribution in [0.1, 0.15) is 34.0 Å². The number of rotatable bonds is 6. The van der Waals surface area contributed by atoms with Crippen LogP contribution in [-0.4, -0.2) is 30.4 Å². The molecule has 1 saturated heterocycles. The van der Waals surface area contributed by atoms with Crippen molar-refractivity contribution < 1.29 is 28.3 Å². The second kappa shape index (κ2) is 10.7. The number of hydrogen-bond acceptors (Lipinski definition) is 5. The number of hydrogen-bond donors (Lipinski definition) is 1. The van der Waals surface area contributed by atoms with Crippen LogP contribution < -0.4 is 10.2 Å². The van der Waals surface area contributed by atoms with Gasteiger partial charge in [0.25, 0.3) is 11.8 Å². The van der Waals surface area contributed by atoms with Gasteiger partial charge in [-0.05, 0) is 84.6 Å². The molecule has 0 unspecified atom stereocenters. The largest absolute Gasteiger partial charge is 0.462 e. The molecule has 0 aliphatic carbocycles.